The van der Waals surface area contributed by atoms with Crippen molar-refractivity contribution < 1.29 is 0 Å². The van der Waals surface area contributed by atoms with Crippen LogP contribution in [-0.4, -0.2) is 12.1 Å². The van der Waals surface area contributed by atoms with Crippen molar-refractivity contribution in [2.45, 2.75) is 45.1 Å². The summed E-state index contributed by atoms with van der Waals surface area (Å²) in [7, 11) is 0. The minimum atomic E-state index is 0.221. The average molecular weight is 267 g/mol. The maximum atomic E-state index is 3.67. The van der Waals surface area contributed by atoms with Gasteiger partial charge in [0.2, 0.25) is 0 Å². The number of benzene rings is 2. The minimum absolute atomic E-state index is 0.221. The summed E-state index contributed by atoms with van der Waals surface area (Å²) >= 11 is 0. The van der Waals surface area contributed by atoms with Gasteiger partial charge in [-0.15, -0.1) is 0 Å². The van der Waals surface area contributed by atoms with Crippen molar-refractivity contribution in [1.82, 2.24) is 5.32 Å². The van der Waals surface area contributed by atoms with Gasteiger partial charge in [-0.1, -0.05) is 42.5 Å². The third-order valence-electron chi connectivity index (χ3n) is 4.53. The van der Waals surface area contributed by atoms with Gasteiger partial charge in [0.25, 0.3) is 0 Å². The SMILES string of the molecule is CC(C)(C)NCC1CCC1c1cccc2ccccc12. The summed E-state index contributed by atoms with van der Waals surface area (Å²) in [6.45, 7) is 7.88. The molecule has 0 bridgehead atoms. The lowest BCUT2D eigenvalue weighted by atomic mass is 9.69. The number of rotatable bonds is 3. The summed E-state index contributed by atoms with van der Waals surface area (Å²) in [5.74, 6) is 1.52. The molecule has 1 fully saturated rings. The molecule has 106 valence electrons. The van der Waals surface area contributed by atoms with E-state index < -0.39 is 0 Å². The number of fused-ring (bicyclic) bond motifs is 1. The highest BCUT2D eigenvalue weighted by Crippen LogP contribution is 2.44. The Morgan fingerprint density at radius 3 is 2.45 bits per heavy atom. The van der Waals surface area contributed by atoms with Crippen LogP contribution in [0.3, 0.4) is 0 Å². The largest absolute Gasteiger partial charge is 0.312 e. The van der Waals surface area contributed by atoms with Crippen LogP contribution in [0.15, 0.2) is 42.5 Å². The summed E-state index contributed by atoms with van der Waals surface area (Å²) < 4.78 is 0. The third kappa shape index (κ3) is 2.73. The molecule has 2 aromatic carbocycles. The second-order valence-electron chi connectivity index (χ2n) is 7.14. The number of hydrogen-bond donors (Lipinski definition) is 1. The topological polar surface area (TPSA) is 12.0 Å². The molecule has 0 saturated heterocycles. The standard InChI is InChI=1S/C19H25N/c1-19(2,3)20-13-15-11-12-17(15)18-10-6-8-14-7-4-5-9-16(14)18/h4-10,15,17,20H,11-13H2,1-3H3. The summed E-state index contributed by atoms with van der Waals surface area (Å²) in [5, 5.41) is 6.49. The molecular weight excluding hydrogens is 242 g/mol. The average Bonchev–Trinajstić information content (AvgIpc) is 2.37. The number of hydrogen-bond acceptors (Lipinski definition) is 1. The molecule has 0 heterocycles. The van der Waals surface area contributed by atoms with Gasteiger partial charge in [0.1, 0.15) is 0 Å². The highest BCUT2D eigenvalue weighted by Gasteiger charge is 2.33. The van der Waals surface area contributed by atoms with Crippen LogP contribution >= 0.6 is 0 Å². The second-order valence-corrected chi connectivity index (χ2v) is 7.14. The maximum Gasteiger partial charge on any atom is 0.00966 e. The van der Waals surface area contributed by atoms with Crippen LogP contribution in [0, 0.1) is 5.92 Å². The molecule has 0 aliphatic heterocycles. The summed E-state index contributed by atoms with van der Waals surface area (Å²) in [6.07, 6.45) is 2.70. The fourth-order valence-corrected chi connectivity index (χ4v) is 3.23. The van der Waals surface area contributed by atoms with E-state index in [4.69, 9.17) is 0 Å². The molecule has 0 aromatic heterocycles. The second kappa shape index (κ2) is 5.21. The Bertz CT molecular complexity index is 589. The molecule has 1 heteroatoms. The first-order valence-electron chi connectivity index (χ1n) is 7.77. The summed E-state index contributed by atoms with van der Waals surface area (Å²) in [4.78, 5) is 0. The smallest absolute Gasteiger partial charge is 0.00966 e. The van der Waals surface area contributed by atoms with Crippen molar-refractivity contribution in [3.05, 3.63) is 48.0 Å². The predicted octanol–water partition coefficient (Wildman–Crippen LogP) is 4.72. The molecule has 0 spiro atoms. The van der Waals surface area contributed by atoms with E-state index in [2.05, 4.69) is 68.6 Å². The van der Waals surface area contributed by atoms with Gasteiger partial charge >= 0.3 is 0 Å². The Balaban J connectivity index is 1.81. The molecule has 1 nitrogen and oxygen atoms in total. The lowest BCUT2D eigenvalue weighted by molar-refractivity contribution is 0.227. The van der Waals surface area contributed by atoms with Crippen molar-refractivity contribution in [2.24, 2.45) is 5.92 Å². The Labute approximate surface area is 122 Å². The van der Waals surface area contributed by atoms with Gasteiger partial charge in [0, 0.05) is 5.54 Å². The van der Waals surface area contributed by atoms with E-state index >= 15 is 0 Å². The molecule has 0 radical (unpaired) electrons. The van der Waals surface area contributed by atoms with Gasteiger partial charge < -0.3 is 5.32 Å². The molecule has 1 N–H and O–H groups in total. The Morgan fingerprint density at radius 1 is 1.00 bits per heavy atom. The molecule has 20 heavy (non-hydrogen) atoms. The van der Waals surface area contributed by atoms with E-state index in [1.165, 1.54) is 23.6 Å². The molecule has 3 rings (SSSR count). The van der Waals surface area contributed by atoms with Crippen molar-refractivity contribution in [1.29, 1.82) is 0 Å². The first-order chi connectivity index (χ1) is 9.54. The van der Waals surface area contributed by atoms with Crippen LogP contribution in [0.25, 0.3) is 10.8 Å². The van der Waals surface area contributed by atoms with Crippen LogP contribution in [0.5, 0.6) is 0 Å². The first kappa shape index (κ1) is 13.6. The first-order valence-corrected chi connectivity index (χ1v) is 7.77. The van der Waals surface area contributed by atoms with E-state index in [1.54, 1.807) is 5.56 Å². The fraction of sp³-hybridized carbons (Fsp3) is 0.474. The van der Waals surface area contributed by atoms with Gasteiger partial charge in [-0.3, -0.25) is 0 Å². The molecule has 0 amide bonds. The third-order valence-corrected chi connectivity index (χ3v) is 4.53. The van der Waals surface area contributed by atoms with Crippen molar-refractivity contribution in [3.8, 4) is 0 Å². The number of nitrogens with one attached hydrogen (secondary N) is 1. The maximum absolute atomic E-state index is 3.67. The molecule has 1 aliphatic rings. The van der Waals surface area contributed by atoms with Gasteiger partial charge in [0.15, 0.2) is 0 Å². The zero-order valence-electron chi connectivity index (χ0n) is 12.8. The van der Waals surface area contributed by atoms with Crippen LogP contribution in [0.1, 0.15) is 45.1 Å². The quantitative estimate of drug-likeness (QED) is 0.848. The van der Waals surface area contributed by atoms with Crippen molar-refractivity contribution >= 4 is 10.8 Å². The molecule has 1 saturated carbocycles. The molecule has 2 unspecified atom stereocenters. The van der Waals surface area contributed by atoms with Crippen LogP contribution in [-0.2, 0) is 0 Å². The van der Waals surface area contributed by atoms with Gasteiger partial charge in [-0.25, -0.2) is 0 Å². The molecule has 1 aliphatic carbocycles. The zero-order valence-corrected chi connectivity index (χ0v) is 12.8. The normalized spacial score (nSPS) is 22.8. The fourth-order valence-electron chi connectivity index (χ4n) is 3.23. The van der Waals surface area contributed by atoms with E-state index in [0.717, 1.165) is 18.4 Å². The van der Waals surface area contributed by atoms with Crippen LogP contribution < -0.4 is 5.32 Å². The molecule has 2 atom stereocenters. The van der Waals surface area contributed by atoms with Gasteiger partial charge in [0.05, 0.1) is 0 Å². The lowest BCUT2D eigenvalue weighted by Crippen LogP contribution is -2.43. The van der Waals surface area contributed by atoms with E-state index in [1.807, 2.05) is 0 Å². The Hall–Kier alpha value is -1.34. The highest BCUT2D eigenvalue weighted by atomic mass is 14.9. The van der Waals surface area contributed by atoms with E-state index in [9.17, 15) is 0 Å². The van der Waals surface area contributed by atoms with Crippen LogP contribution in [0.4, 0.5) is 0 Å². The van der Waals surface area contributed by atoms with Gasteiger partial charge in [-0.2, -0.15) is 0 Å². The van der Waals surface area contributed by atoms with Crippen LogP contribution in [0.2, 0.25) is 0 Å². The molecular formula is C19H25N. The van der Waals surface area contributed by atoms with Gasteiger partial charge in [-0.05, 0) is 68.3 Å². The zero-order chi connectivity index (χ0) is 14.2. The lowest BCUT2D eigenvalue weighted by Gasteiger charge is -2.39. The summed E-state index contributed by atoms with van der Waals surface area (Å²) in [5.41, 5.74) is 1.77. The Kier molecular flexibility index (Phi) is 3.55. The van der Waals surface area contributed by atoms with E-state index in [-0.39, 0.29) is 5.54 Å². The van der Waals surface area contributed by atoms with Crippen molar-refractivity contribution in [3.63, 3.8) is 0 Å². The Morgan fingerprint density at radius 2 is 1.75 bits per heavy atom. The monoisotopic (exact) mass is 267 g/mol. The van der Waals surface area contributed by atoms with E-state index in [0.29, 0.717) is 0 Å². The molecule has 2 aromatic rings. The minimum Gasteiger partial charge on any atom is -0.312 e. The predicted molar refractivity (Wildman–Crippen MR) is 87.2 cm³/mol. The summed E-state index contributed by atoms with van der Waals surface area (Å²) in [6, 6.07) is 15.6. The highest BCUT2D eigenvalue weighted by molar-refractivity contribution is 5.86. The van der Waals surface area contributed by atoms with Crippen molar-refractivity contribution in [2.75, 3.05) is 6.54 Å².